The van der Waals surface area contributed by atoms with Crippen molar-refractivity contribution < 1.29 is 4.74 Å². The molecule has 0 fully saturated rings. The molecule has 0 saturated heterocycles. The molecule has 0 atom stereocenters. The summed E-state index contributed by atoms with van der Waals surface area (Å²) in [5, 5.41) is 3.17. The van der Waals surface area contributed by atoms with E-state index in [1.807, 2.05) is 0 Å². The molecule has 10 heavy (non-hydrogen) atoms. The van der Waals surface area contributed by atoms with Crippen LogP contribution in [0, 0.1) is 0 Å². The van der Waals surface area contributed by atoms with Gasteiger partial charge in [0.2, 0.25) is 0 Å². The normalized spacial score (nSPS) is 24.0. The van der Waals surface area contributed by atoms with E-state index in [2.05, 4.69) is 17.5 Å². The van der Waals surface area contributed by atoms with Gasteiger partial charge < -0.3 is 4.74 Å². The van der Waals surface area contributed by atoms with Crippen molar-refractivity contribution in [2.24, 2.45) is 0 Å². The van der Waals surface area contributed by atoms with E-state index in [-0.39, 0.29) is 0 Å². The molecule has 1 heterocycles. The molecule has 1 N–H and O–H groups in total. The Morgan fingerprint density at radius 2 is 2.20 bits per heavy atom. The molecule has 0 aromatic rings. The van der Waals surface area contributed by atoms with Crippen LogP contribution in [0.5, 0.6) is 0 Å². The van der Waals surface area contributed by atoms with Crippen molar-refractivity contribution in [2.75, 3.05) is 13.3 Å². The Bertz CT molecular complexity index is 173. The van der Waals surface area contributed by atoms with Crippen LogP contribution in [-0.2, 0) is 4.74 Å². The summed E-state index contributed by atoms with van der Waals surface area (Å²) in [6.07, 6.45) is 6.44. The van der Waals surface area contributed by atoms with Crippen LogP contribution in [0.25, 0.3) is 0 Å². The lowest BCUT2D eigenvalue weighted by Crippen LogP contribution is -2.27. The first-order valence-corrected chi connectivity index (χ1v) is 3.66. The largest absolute Gasteiger partial charge is 0.482 e. The van der Waals surface area contributed by atoms with Gasteiger partial charge in [-0.25, -0.2) is 0 Å². The third kappa shape index (κ3) is 0.948. The highest BCUT2D eigenvalue weighted by Crippen LogP contribution is 2.21. The zero-order chi connectivity index (χ0) is 6.81. The van der Waals surface area contributed by atoms with Crippen LogP contribution in [0.2, 0.25) is 0 Å². The van der Waals surface area contributed by atoms with Gasteiger partial charge in [-0.3, -0.25) is 5.32 Å². The molecule has 2 nitrogen and oxygen atoms in total. The Labute approximate surface area is 60.6 Å². The number of hydrogen-bond acceptors (Lipinski definition) is 2. The number of nitrogens with one attached hydrogen (secondary N) is 1. The quantitative estimate of drug-likeness (QED) is 0.506. The lowest BCUT2D eigenvalue weighted by Gasteiger charge is -2.22. The maximum absolute atomic E-state index is 5.40. The molecule has 0 aromatic heterocycles. The van der Waals surface area contributed by atoms with Crippen LogP contribution in [0.15, 0.2) is 23.5 Å². The Hall–Kier alpha value is -0.760. The van der Waals surface area contributed by atoms with Gasteiger partial charge in [-0.15, -0.1) is 0 Å². The fourth-order valence-corrected chi connectivity index (χ4v) is 1.35. The van der Waals surface area contributed by atoms with Crippen LogP contribution in [-0.4, -0.2) is 13.3 Å². The van der Waals surface area contributed by atoms with Gasteiger partial charge in [0.15, 0.2) is 0 Å². The van der Waals surface area contributed by atoms with Crippen molar-refractivity contribution in [1.82, 2.24) is 5.32 Å². The molecule has 54 valence electrons. The maximum Gasteiger partial charge on any atom is 0.139 e. The summed E-state index contributed by atoms with van der Waals surface area (Å²) in [6, 6.07) is 0. The summed E-state index contributed by atoms with van der Waals surface area (Å²) < 4.78 is 5.40. The van der Waals surface area contributed by atoms with Crippen molar-refractivity contribution in [3.63, 3.8) is 0 Å². The Morgan fingerprint density at radius 3 is 3.10 bits per heavy atom. The molecule has 2 aliphatic rings. The van der Waals surface area contributed by atoms with E-state index in [1.165, 1.54) is 11.3 Å². The van der Waals surface area contributed by atoms with E-state index >= 15 is 0 Å². The molecule has 0 aromatic carbocycles. The van der Waals surface area contributed by atoms with E-state index in [9.17, 15) is 0 Å². The second-order valence-corrected chi connectivity index (χ2v) is 2.62. The van der Waals surface area contributed by atoms with Gasteiger partial charge >= 0.3 is 0 Å². The van der Waals surface area contributed by atoms with Crippen LogP contribution >= 0.6 is 0 Å². The Kier molecular flexibility index (Phi) is 1.47. The minimum atomic E-state index is 0.687. The number of ether oxygens (including phenoxy) is 1. The molecule has 2 heteroatoms. The summed E-state index contributed by atoms with van der Waals surface area (Å²) in [7, 11) is 0. The highest BCUT2D eigenvalue weighted by atomic mass is 16.5. The van der Waals surface area contributed by atoms with E-state index in [0.717, 1.165) is 19.4 Å². The van der Waals surface area contributed by atoms with E-state index in [4.69, 9.17) is 4.74 Å². The van der Waals surface area contributed by atoms with E-state index < -0.39 is 0 Å². The average molecular weight is 137 g/mol. The molecule has 0 bridgehead atoms. The molecule has 0 unspecified atom stereocenters. The molecule has 1 aliphatic carbocycles. The van der Waals surface area contributed by atoms with Crippen LogP contribution in [0.4, 0.5) is 0 Å². The molecule has 2 rings (SSSR count). The van der Waals surface area contributed by atoms with Gasteiger partial charge in [0.25, 0.3) is 0 Å². The summed E-state index contributed by atoms with van der Waals surface area (Å²) in [5.41, 5.74) is 1.42. The van der Waals surface area contributed by atoms with Gasteiger partial charge in [0, 0.05) is 13.0 Å². The number of allylic oxidation sites excluding steroid dienone is 2. The topological polar surface area (TPSA) is 21.3 Å². The van der Waals surface area contributed by atoms with Crippen molar-refractivity contribution in [3.05, 3.63) is 23.5 Å². The maximum atomic E-state index is 5.40. The zero-order valence-electron chi connectivity index (χ0n) is 5.89. The monoisotopic (exact) mass is 137 g/mol. The first-order chi connectivity index (χ1) is 4.97. The van der Waals surface area contributed by atoms with Gasteiger partial charge in [0.05, 0.1) is 0 Å². The van der Waals surface area contributed by atoms with Crippen LogP contribution in [0.1, 0.15) is 12.8 Å². The van der Waals surface area contributed by atoms with Gasteiger partial charge in [-0.1, -0.05) is 12.2 Å². The second-order valence-electron chi connectivity index (χ2n) is 2.62. The molecule has 0 radical (unpaired) electrons. The fraction of sp³-hybridized carbons (Fsp3) is 0.500. The highest BCUT2D eigenvalue weighted by Gasteiger charge is 2.13. The predicted octanol–water partition coefficient (Wildman–Crippen LogP) is 1.17. The SMILES string of the molecule is C1=CCC2=C(C1)CNCO2. The van der Waals surface area contributed by atoms with Gasteiger partial charge in [-0.2, -0.15) is 0 Å². The lowest BCUT2D eigenvalue weighted by molar-refractivity contribution is 0.164. The van der Waals surface area contributed by atoms with E-state index in [1.54, 1.807) is 0 Å². The van der Waals surface area contributed by atoms with Crippen molar-refractivity contribution in [1.29, 1.82) is 0 Å². The van der Waals surface area contributed by atoms with Crippen LogP contribution in [0.3, 0.4) is 0 Å². The van der Waals surface area contributed by atoms with Crippen molar-refractivity contribution in [2.45, 2.75) is 12.8 Å². The number of hydrogen-bond donors (Lipinski definition) is 1. The van der Waals surface area contributed by atoms with Gasteiger partial charge in [0.1, 0.15) is 12.5 Å². The third-order valence-corrected chi connectivity index (χ3v) is 1.92. The summed E-state index contributed by atoms with van der Waals surface area (Å²) >= 11 is 0. The number of rotatable bonds is 0. The van der Waals surface area contributed by atoms with Crippen molar-refractivity contribution in [3.8, 4) is 0 Å². The summed E-state index contributed by atoms with van der Waals surface area (Å²) in [6.45, 7) is 1.70. The first-order valence-electron chi connectivity index (χ1n) is 3.66. The third-order valence-electron chi connectivity index (χ3n) is 1.92. The standard InChI is InChI=1S/C8H11NO/c1-2-4-8-7(3-1)5-9-6-10-8/h1-2,9H,3-6H2. The smallest absolute Gasteiger partial charge is 0.139 e. The first kappa shape index (κ1) is 5.98. The van der Waals surface area contributed by atoms with Crippen LogP contribution < -0.4 is 5.32 Å². The second kappa shape index (κ2) is 2.46. The summed E-state index contributed by atoms with van der Waals surface area (Å²) in [4.78, 5) is 0. The van der Waals surface area contributed by atoms with Gasteiger partial charge in [-0.05, 0) is 12.0 Å². The summed E-state index contributed by atoms with van der Waals surface area (Å²) in [5.74, 6) is 1.20. The average Bonchev–Trinajstić information content (AvgIpc) is 2.05. The zero-order valence-corrected chi connectivity index (χ0v) is 5.89. The predicted molar refractivity (Wildman–Crippen MR) is 39.4 cm³/mol. The molecular formula is C8H11NO. The molecule has 0 amide bonds. The van der Waals surface area contributed by atoms with E-state index in [0.29, 0.717) is 6.73 Å². The molecular weight excluding hydrogens is 126 g/mol. The van der Waals surface area contributed by atoms with Crippen molar-refractivity contribution >= 4 is 0 Å². The Morgan fingerprint density at radius 1 is 1.30 bits per heavy atom. The fourth-order valence-electron chi connectivity index (χ4n) is 1.35. The molecule has 0 saturated carbocycles. The minimum absolute atomic E-state index is 0.687. The Balaban J connectivity index is 2.17. The highest BCUT2D eigenvalue weighted by molar-refractivity contribution is 5.22. The molecule has 0 spiro atoms. The molecule has 1 aliphatic heterocycles. The lowest BCUT2D eigenvalue weighted by atomic mass is 10.0. The minimum Gasteiger partial charge on any atom is -0.482 e.